The van der Waals surface area contributed by atoms with Crippen LogP contribution in [0.1, 0.15) is 129 Å². The summed E-state index contributed by atoms with van der Waals surface area (Å²) in [7, 11) is 0. The van der Waals surface area contributed by atoms with Crippen LogP contribution >= 0.6 is 0 Å². The molecule has 4 aliphatic rings. The van der Waals surface area contributed by atoms with Crippen LogP contribution in [0.3, 0.4) is 0 Å². The normalized spacial score (nSPS) is 21.1. The van der Waals surface area contributed by atoms with E-state index in [0.717, 1.165) is 0 Å². The van der Waals surface area contributed by atoms with Gasteiger partial charge in [0.05, 0.1) is 0 Å². The Morgan fingerprint density at radius 2 is 1.55 bits per heavy atom. The maximum atomic E-state index is 2.60. The summed E-state index contributed by atoms with van der Waals surface area (Å²) in [5.41, 5.74) is 16.4. The summed E-state index contributed by atoms with van der Waals surface area (Å²) < 4.78 is 0. The highest BCUT2D eigenvalue weighted by Crippen LogP contribution is 2.50. The Kier molecular flexibility index (Phi) is 5.86. The van der Waals surface area contributed by atoms with E-state index in [1.165, 1.54) is 83.8 Å². The standard InChI is InChI=1S/C40H48/c1-13-14-25-15-27(38(6,7)8)18-29(25)36-31-16-26-17-32-28(23(4)20-39(32,9)10)19-30(26)35(31)33(22(2)3)34-24(5)21-40(11,12)37(34)36/h15-21,25H,13-14H2,1-12H3. The molecular formula is C40H48. The third-order valence-corrected chi connectivity index (χ3v) is 9.96. The minimum Gasteiger partial charge on any atom is -0.0732 e. The maximum Gasteiger partial charge on any atom is 0.00937 e. The van der Waals surface area contributed by atoms with Crippen LogP contribution in [-0.4, -0.2) is 0 Å². The molecule has 0 N–H and O–H groups in total. The lowest BCUT2D eigenvalue weighted by molar-refractivity contribution is 0.515. The molecule has 0 fully saturated rings. The van der Waals surface area contributed by atoms with Crippen molar-refractivity contribution < 1.29 is 0 Å². The first-order valence-corrected chi connectivity index (χ1v) is 15.5. The van der Waals surface area contributed by atoms with Gasteiger partial charge in [-0.05, 0) is 134 Å². The van der Waals surface area contributed by atoms with Crippen LogP contribution in [0.15, 0.2) is 42.0 Å². The summed E-state index contributed by atoms with van der Waals surface area (Å²) in [4.78, 5) is 0. The predicted molar refractivity (Wildman–Crippen MR) is 175 cm³/mol. The first kappa shape index (κ1) is 27.3. The van der Waals surface area contributed by atoms with E-state index in [0.29, 0.717) is 5.92 Å². The van der Waals surface area contributed by atoms with Crippen LogP contribution < -0.4 is 10.4 Å². The van der Waals surface area contributed by atoms with Crippen LogP contribution in [0.25, 0.3) is 28.4 Å². The summed E-state index contributed by atoms with van der Waals surface area (Å²) in [5, 5.41) is 5.75. The minimum atomic E-state index is -0.0121. The van der Waals surface area contributed by atoms with E-state index >= 15 is 0 Å². The molecule has 4 aliphatic carbocycles. The smallest absolute Gasteiger partial charge is 0.00937 e. The highest BCUT2D eigenvalue weighted by Gasteiger charge is 2.38. The number of hydrogen-bond donors (Lipinski definition) is 0. The number of rotatable bonds is 3. The van der Waals surface area contributed by atoms with Crippen molar-refractivity contribution in [2.24, 2.45) is 11.3 Å². The molecule has 0 heteroatoms. The molecule has 0 amide bonds. The minimum absolute atomic E-state index is 0.0121. The molecule has 208 valence electrons. The van der Waals surface area contributed by atoms with E-state index in [4.69, 9.17) is 0 Å². The van der Waals surface area contributed by atoms with Gasteiger partial charge >= 0.3 is 0 Å². The molecular weight excluding hydrogens is 480 g/mol. The Morgan fingerprint density at radius 1 is 0.875 bits per heavy atom. The lowest BCUT2D eigenvalue weighted by Crippen LogP contribution is -2.23. The number of benzene rings is 2. The van der Waals surface area contributed by atoms with Gasteiger partial charge in [-0.1, -0.05) is 91.7 Å². The highest BCUT2D eigenvalue weighted by atomic mass is 14.4. The van der Waals surface area contributed by atoms with Crippen molar-refractivity contribution in [1.29, 1.82) is 0 Å². The number of fused-ring (bicyclic) bond motifs is 4. The molecule has 40 heavy (non-hydrogen) atoms. The third-order valence-electron chi connectivity index (χ3n) is 9.96. The van der Waals surface area contributed by atoms with Gasteiger partial charge < -0.3 is 0 Å². The molecule has 1 atom stereocenters. The monoisotopic (exact) mass is 528 g/mol. The van der Waals surface area contributed by atoms with Crippen LogP contribution in [0.2, 0.25) is 0 Å². The molecule has 2 aromatic carbocycles. The van der Waals surface area contributed by atoms with Crippen molar-refractivity contribution in [1.82, 2.24) is 0 Å². The predicted octanol–water partition coefficient (Wildman–Crippen LogP) is 9.48. The molecule has 0 saturated heterocycles. The molecule has 0 radical (unpaired) electrons. The molecule has 0 aromatic heterocycles. The van der Waals surface area contributed by atoms with Crippen molar-refractivity contribution in [2.75, 3.05) is 0 Å². The first-order valence-electron chi connectivity index (χ1n) is 15.5. The van der Waals surface area contributed by atoms with Gasteiger partial charge in [-0.2, -0.15) is 0 Å². The Labute approximate surface area is 242 Å². The fraction of sp³-hybridized carbons (Fsp3) is 0.450. The molecule has 0 saturated carbocycles. The van der Waals surface area contributed by atoms with Gasteiger partial charge in [0.15, 0.2) is 0 Å². The van der Waals surface area contributed by atoms with E-state index in [-0.39, 0.29) is 16.2 Å². The average molecular weight is 529 g/mol. The van der Waals surface area contributed by atoms with Gasteiger partial charge in [-0.3, -0.25) is 0 Å². The van der Waals surface area contributed by atoms with Crippen LogP contribution in [0, 0.1) is 21.8 Å². The average Bonchev–Trinajstić information content (AvgIpc) is 3.53. The maximum absolute atomic E-state index is 2.60. The lowest BCUT2D eigenvalue weighted by Gasteiger charge is -2.27. The lowest BCUT2D eigenvalue weighted by atomic mass is 9.76. The van der Waals surface area contributed by atoms with E-state index < -0.39 is 0 Å². The summed E-state index contributed by atoms with van der Waals surface area (Å²) in [6, 6.07) is 5.04. The summed E-state index contributed by atoms with van der Waals surface area (Å²) >= 11 is 0. The Morgan fingerprint density at radius 3 is 2.17 bits per heavy atom. The van der Waals surface area contributed by atoms with Crippen LogP contribution in [0.5, 0.6) is 0 Å². The van der Waals surface area contributed by atoms with Gasteiger partial charge in [0.25, 0.3) is 0 Å². The Balaban J connectivity index is 1.83. The second kappa shape index (κ2) is 8.58. The fourth-order valence-corrected chi connectivity index (χ4v) is 8.28. The molecule has 0 spiro atoms. The molecule has 0 aliphatic heterocycles. The van der Waals surface area contributed by atoms with Gasteiger partial charge in [0.2, 0.25) is 0 Å². The topological polar surface area (TPSA) is 0 Å². The van der Waals surface area contributed by atoms with Crippen molar-refractivity contribution in [3.05, 3.63) is 96.3 Å². The molecule has 6 rings (SSSR count). The third kappa shape index (κ3) is 3.78. The van der Waals surface area contributed by atoms with Crippen LogP contribution in [-0.2, 0) is 10.8 Å². The molecule has 0 heterocycles. The van der Waals surface area contributed by atoms with E-state index in [9.17, 15) is 0 Å². The van der Waals surface area contributed by atoms with Crippen molar-refractivity contribution in [2.45, 2.75) is 107 Å². The molecule has 2 aromatic rings. The largest absolute Gasteiger partial charge is 0.0732 e. The van der Waals surface area contributed by atoms with E-state index in [2.05, 4.69) is 126 Å². The van der Waals surface area contributed by atoms with Crippen molar-refractivity contribution in [3.63, 3.8) is 0 Å². The number of hydrogen-bond acceptors (Lipinski definition) is 0. The zero-order valence-corrected chi connectivity index (χ0v) is 27.0. The van der Waals surface area contributed by atoms with E-state index in [1.54, 1.807) is 11.1 Å². The van der Waals surface area contributed by atoms with Gasteiger partial charge in [-0.25, -0.2) is 0 Å². The Hall–Kier alpha value is -2.86. The summed E-state index contributed by atoms with van der Waals surface area (Å²) in [6.45, 7) is 28.3. The zero-order chi connectivity index (χ0) is 29.1. The SMILES string of the molecule is CCCC1C=C(C(C)(C)C)C=C1c1c2c(c(=C(C)C)c3c1C=c1cc4c(cc1=3)C(C)=CC4(C)C)C(C)=CC2(C)C. The summed E-state index contributed by atoms with van der Waals surface area (Å²) in [6.07, 6.45) is 15.1. The van der Waals surface area contributed by atoms with Gasteiger partial charge in [0.1, 0.15) is 0 Å². The summed E-state index contributed by atoms with van der Waals surface area (Å²) in [5.74, 6) is 0.466. The molecule has 1 unspecified atom stereocenters. The van der Waals surface area contributed by atoms with Crippen molar-refractivity contribution >= 4 is 28.4 Å². The van der Waals surface area contributed by atoms with Gasteiger partial charge in [-0.15, -0.1) is 0 Å². The molecule has 0 bridgehead atoms. The fourth-order valence-electron chi connectivity index (χ4n) is 8.28. The van der Waals surface area contributed by atoms with Crippen LogP contribution in [0.4, 0.5) is 0 Å². The van der Waals surface area contributed by atoms with E-state index in [1.807, 2.05) is 0 Å². The second-order valence-electron chi connectivity index (χ2n) is 15.4. The second-order valence-corrected chi connectivity index (χ2v) is 15.4. The van der Waals surface area contributed by atoms with Crippen molar-refractivity contribution in [3.8, 4) is 0 Å². The highest BCUT2D eigenvalue weighted by molar-refractivity contribution is 5.91. The zero-order valence-electron chi connectivity index (χ0n) is 27.0. The van der Waals surface area contributed by atoms with Gasteiger partial charge in [0, 0.05) is 16.7 Å². The quantitative estimate of drug-likeness (QED) is 0.317. The number of allylic oxidation sites excluding steroid dienone is 8. The first-order chi connectivity index (χ1) is 18.6. The Bertz CT molecular complexity index is 1850. The molecule has 0 nitrogen and oxygen atoms in total.